The van der Waals surface area contributed by atoms with E-state index in [1.165, 1.54) is 32.4 Å². The first kappa shape index (κ1) is 13.3. The van der Waals surface area contributed by atoms with Gasteiger partial charge in [0.15, 0.2) is 0 Å². The van der Waals surface area contributed by atoms with Crippen molar-refractivity contribution < 1.29 is 9.84 Å². The lowest BCUT2D eigenvalue weighted by Gasteiger charge is -2.24. The fraction of sp³-hybridized carbons (Fsp3) is 1.00. The summed E-state index contributed by atoms with van der Waals surface area (Å²) in [6, 6.07) is 0.733. The highest BCUT2D eigenvalue weighted by molar-refractivity contribution is 4.86. The molecule has 4 heteroatoms. The van der Waals surface area contributed by atoms with Crippen LogP contribution in [0.25, 0.3) is 0 Å². The van der Waals surface area contributed by atoms with Gasteiger partial charge in [0.05, 0.1) is 12.7 Å². The van der Waals surface area contributed by atoms with Crippen LogP contribution in [0.5, 0.6) is 0 Å². The van der Waals surface area contributed by atoms with Crippen LogP contribution in [0.1, 0.15) is 26.2 Å². The van der Waals surface area contributed by atoms with Gasteiger partial charge in [-0.3, -0.25) is 9.80 Å². The van der Waals surface area contributed by atoms with E-state index in [9.17, 15) is 5.11 Å². The molecule has 0 radical (unpaired) electrons. The van der Waals surface area contributed by atoms with Gasteiger partial charge in [0.2, 0.25) is 0 Å². The lowest BCUT2D eigenvalue weighted by molar-refractivity contribution is 0.0241. The average molecular weight is 242 g/mol. The fourth-order valence-corrected chi connectivity index (χ4v) is 2.99. The van der Waals surface area contributed by atoms with Crippen molar-refractivity contribution in [3.63, 3.8) is 0 Å². The Bertz CT molecular complexity index is 219. The monoisotopic (exact) mass is 242 g/mol. The minimum atomic E-state index is -0.327. The molecule has 2 rings (SSSR count). The van der Waals surface area contributed by atoms with Crippen molar-refractivity contribution in [3.8, 4) is 0 Å². The molecule has 17 heavy (non-hydrogen) atoms. The van der Waals surface area contributed by atoms with Crippen molar-refractivity contribution in [2.24, 2.45) is 0 Å². The molecule has 2 fully saturated rings. The number of aliphatic hydroxyl groups excluding tert-OH is 1. The van der Waals surface area contributed by atoms with Crippen molar-refractivity contribution in [1.29, 1.82) is 0 Å². The van der Waals surface area contributed by atoms with E-state index >= 15 is 0 Å². The predicted molar refractivity (Wildman–Crippen MR) is 68.2 cm³/mol. The average Bonchev–Trinajstić information content (AvgIpc) is 2.95. The van der Waals surface area contributed by atoms with Crippen molar-refractivity contribution in [3.05, 3.63) is 0 Å². The van der Waals surface area contributed by atoms with Gasteiger partial charge in [-0.2, -0.15) is 0 Å². The van der Waals surface area contributed by atoms with Gasteiger partial charge < -0.3 is 9.84 Å². The minimum absolute atomic E-state index is 0.327. The molecule has 2 aliphatic heterocycles. The summed E-state index contributed by atoms with van der Waals surface area (Å²) in [5, 5.41) is 9.81. The third kappa shape index (κ3) is 3.91. The van der Waals surface area contributed by atoms with Crippen LogP contribution in [0.2, 0.25) is 0 Å². The quantitative estimate of drug-likeness (QED) is 0.738. The molecule has 0 aromatic rings. The summed E-state index contributed by atoms with van der Waals surface area (Å²) in [6.45, 7) is 8.71. The first-order valence-electron chi connectivity index (χ1n) is 7.01. The Hall–Kier alpha value is -0.160. The normalized spacial score (nSPS) is 28.9. The molecule has 4 nitrogen and oxygen atoms in total. The molecule has 0 bridgehead atoms. The van der Waals surface area contributed by atoms with E-state index in [1.807, 2.05) is 6.92 Å². The SMILES string of the molecule is CCOCC(O)CN1CCC(N2CCCC2)C1. The molecule has 0 aromatic carbocycles. The molecule has 2 atom stereocenters. The summed E-state index contributed by atoms with van der Waals surface area (Å²) in [7, 11) is 0. The van der Waals surface area contributed by atoms with Crippen molar-refractivity contribution in [2.45, 2.75) is 38.3 Å². The maximum Gasteiger partial charge on any atom is 0.0900 e. The number of aliphatic hydroxyl groups is 1. The number of nitrogens with zero attached hydrogens (tertiary/aromatic N) is 2. The maximum absolute atomic E-state index is 9.81. The lowest BCUT2D eigenvalue weighted by atomic mass is 10.2. The summed E-state index contributed by atoms with van der Waals surface area (Å²) in [4.78, 5) is 5.00. The van der Waals surface area contributed by atoms with Crippen LogP contribution in [0.3, 0.4) is 0 Å². The molecular formula is C13H26N2O2. The molecule has 0 aromatic heterocycles. The van der Waals surface area contributed by atoms with E-state index in [1.54, 1.807) is 0 Å². The topological polar surface area (TPSA) is 35.9 Å². The summed E-state index contributed by atoms with van der Waals surface area (Å²) in [5.41, 5.74) is 0. The second kappa shape index (κ2) is 6.69. The van der Waals surface area contributed by atoms with Gasteiger partial charge in [0, 0.05) is 25.7 Å². The van der Waals surface area contributed by atoms with Crippen LogP contribution >= 0.6 is 0 Å². The number of β-amino-alcohol motifs (C(OH)–C–C–N with tert-alkyl or cyclic N) is 1. The van der Waals surface area contributed by atoms with Crippen molar-refractivity contribution >= 4 is 0 Å². The zero-order valence-corrected chi connectivity index (χ0v) is 11.0. The van der Waals surface area contributed by atoms with E-state index in [0.717, 1.165) is 25.7 Å². The molecule has 0 amide bonds. The largest absolute Gasteiger partial charge is 0.389 e. The summed E-state index contributed by atoms with van der Waals surface area (Å²) in [5.74, 6) is 0. The maximum atomic E-state index is 9.81. The van der Waals surface area contributed by atoms with Crippen LogP contribution < -0.4 is 0 Å². The predicted octanol–water partition coefficient (Wildman–Crippen LogP) is 0.554. The number of hydrogen-bond acceptors (Lipinski definition) is 4. The Morgan fingerprint density at radius 1 is 1.29 bits per heavy atom. The Balaban J connectivity index is 1.66. The molecule has 0 aliphatic carbocycles. The molecule has 1 N–H and O–H groups in total. The van der Waals surface area contributed by atoms with E-state index in [0.29, 0.717) is 13.2 Å². The second-order valence-corrected chi connectivity index (χ2v) is 5.26. The Morgan fingerprint density at radius 2 is 2.06 bits per heavy atom. The highest BCUT2D eigenvalue weighted by Gasteiger charge is 2.29. The third-order valence-corrected chi connectivity index (χ3v) is 3.89. The molecule has 2 saturated heterocycles. The first-order valence-corrected chi connectivity index (χ1v) is 7.01. The second-order valence-electron chi connectivity index (χ2n) is 5.26. The van der Waals surface area contributed by atoms with Crippen LogP contribution in [0.4, 0.5) is 0 Å². The minimum Gasteiger partial charge on any atom is -0.389 e. The third-order valence-electron chi connectivity index (χ3n) is 3.89. The van der Waals surface area contributed by atoms with Gasteiger partial charge in [-0.1, -0.05) is 0 Å². The van der Waals surface area contributed by atoms with Crippen molar-refractivity contribution in [1.82, 2.24) is 9.80 Å². The first-order chi connectivity index (χ1) is 8.29. The molecule has 0 spiro atoms. The Kier molecular flexibility index (Phi) is 5.22. The molecule has 100 valence electrons. The van der Waals surface area contributed by atoms with Crippen LogP contribution in [0.15, 0.2) is 0 Å². The summed E-state index contributed by atoms with van der Waals surface area (Å²) in [6.07, 6.45) is 3.67. The molecule has 2 unspecified atom stereocenters. The molecule has 2 heterocycles. The van der Waals surface area contributed by atoms with Gasteiger partial charge in [0.1, 0.15) is 0 Å². The highest BCUT2D eigenvalue weighted by Crippen LogP contribution is 2.20. The number of hydrogen-bond donors (Lipinski definition) is 1. The molecular weight excluding hydrogens is 216 g/mol. The van der Waals surface area contributed by atoms with Gasteiger partial charge in [-0.15, -0.1) is 0 Å². The smallest absolute Gasteiger partial charge is 0.0900 e. The number of rotatable bonds is 6. The number of likely N-dealkylation sites (tertiary alicyclic amines) is 2. The van der Waals surface area contributed by atoms with Gasteiger partial charge >= 0.3 is 0 Å². The van der Waals surface area contributed by atoms with Crippen molar-refractivity contribution in [2.75, 3.05) is 45.9 Å². The van der Waals surface area contributed by atoms with Crippen LogP contribution in [-0.2, 0) is 4.74 Å². The Morgan fingerprint density at radius 3 is 2.76 bits per heavy atom. The molecule has 2 aliphatic rings. The van der Waals surface area contributed by atoms with E-state index < -0.39 is 0 Å². The van der Waals surface area contributed by atoms with E-state index in [-0.39, 0.29) is 6.10 Å². The van der Waals surface area contributed by atoms with Crippen LogP contribution in [-0.4, -0.2) is 73.0 Å². The zero-order valence-electron chi connectivity index (χ0n) is 11.0. The van der Waals surface area contributed by atoms with E-state index in [2.05, 4.69) is 9.80 Å². The van der Waals surface area contributed by atoms with Gasteiger partial charge in [0.25, 0.3) is 0 Å². The lowest BCUT2D eigenvalue weighted by Crippen LogP contribution is -2.38. The highest BCUT2D eigenvalue weighted by atomic mass is 16.5. The molecule has 0 saturated carbocycles. The van der Waals surface area contributed by atoms with Crippen LogP contribution in [0, 0.1) is 0 Å². The zero-order chi connectivity index (χ0) is 12.1. The van der Waals surface area contributed by atoms with E-state index in [4.69, 9.17) is 4.74 Å². The summed E-state index contributed by atoms with van der Waals surface area (Å²) < 4.78 is 5.25. The summed E-state index contributed by atoms with van der Waals surface area (Å²) >= 11 is 0. The van der Waals surface area contributed by atoms with Gasteiger partial charge in [-0.25, -0.2) is 0 Å². The standard InChI is InChI=1S/C13H26N2O2/c1-2-17-11-13(16)10-14-8-5-12(9-14)15-6-3-4-7-15/h12-13,16H,2-11H2,1H3. The van der Waals surface area contributed by atoms with Gasteiger partial charge in [-0.05, 0) is 45.8 Å². The Labute approximate surface area is 105 Å². The fourth-order valence-electron chi connectivity index (χ4n) is 2.99. The number of ether oxygens (including phenoxy) is 1.